The van der Waals surface area contributed by atoms with E-state index in [4.69, 9.17) is 4.74 Å². The minimum Gasteiger partial charge on any atom is -0.487 e. The molecule has 1 aliphatic rings. The second-order valence-electron chi connectivity index (χ2n) is 8.30. The van der Waals surface area contributed by atoms with Crippen molar-refractivity contribution in [1.29, 1.82) is 0 Å². The van der Waals surface area contributed by atoms with Crippen LogP contribution in [0.2, 0.25) is 0 Å². The summed E-state index contributed by atoms with van der Waals surface area (Å²) in [6.45, 7) is 0.272. The summed E-state index contributed by atoms with van der Waals surface area (Å²) >= 11 is 0. The van der Waals surface area contributed by atoms with E-state index in [-0.39, 0.29) is 29.3 Å². The summed E-state index contributed by atoms with van der Waals surface area (Å²) in [5, 5.41) is 2.64. The SMILES string of the molecule is CN(C)C(=O)c1cc2nc(NCC(F)F)c(N3CCC(Oc4ccc(F)cc4F)CC3)nc2cn1. The van der Waals surface area contributed by atoms with Crippen molar-refractivity contribution in [1.82, 2.24) is 19.9 Å². The van der Waals surface area contributed by atoms with Crippen LogP contribution in [0, 0.1) is 11.6 Å². The fraction of sp³-hybridized carbons (Fsp3) is 0.391. The monoisotopic (exact) mass is 492 g/mol. The lowest BCUT2D eigenvalue weighted by molar-refractivity contribution is 0.0822. The summed E-state index contributed by atoms with van der Waals surface area (Å²) in [4.78, 5) is 28.7. The number of amides is 1. The molecule has 0 aliphatic carbocycles. The fourth-order valence-corrected chi connectivity index (χ4v) is 3.75. The number of carbonyl (C=O) groups excluding carboxylic acids is 1. The van der Waals surface area contributed by atoms with Crippen molar-refractivity contribution in [3.63, 3.8) is 0 Å². The summed E-state index contributed by atoms with van der Waals surface area (Å²) in [5.74, 6) is -1.26. The highest BCUT2D eigenvalue weighted by Gasteiger charge is 2.26. The Balaban J connectivity index is 1.55. The number of alkyl halides is 2. The van der Waals surface area contributed by atoms with E-state index in [1.165, 1.54) is 23.2 Å². The Morgan fingerprint density at radius 2 is 1.91 bits per heavy atom. The maximum atomic E-state index is 13.9. The van der Waals surface area contributed by atoms with Crippen LogP contribution in [0.5, 0.6) is 5.75 Å². The molecule has 1 amide bonds. The van der Waals surface area contributed by atoms with Crippen LogP contribution in [0.4, 0.5) is 29.2 Å². The first-order valence-electron chi connectivity index (χ1n) is 11.0. The summed E-state index contributed by atoms with van der Waals surface area (Å²) in [6.07, 6.45) is -0.488. The number of nitrogens with zero attached hydrogens (tertiary/aromatic N) is 5. The van der Waals surface area contributed by atoms with Crippen LogP contribution in [0.25, 0.3) is 11.0 Å². The lowest BCUT2D eigenvalue weighted by Crippen LogP contribution is -2.39. The molecule has 0 bridgehead atoms. The Morgan fingerprint density at radius 1 is 1.17 bits per heavy atom. The van der Waals surface area contributed by atoms with Crippen molar-refractivity contribution in [3.8, 4) is 5.75 Å². The van der Waals surface area contributed by atoms with Crippen molar-refractivity contribution in [2.75, 3.05) is 43.9 Å². The highest BCUT2D eigenvalue weighted by atomic mass is 19.3. The number of piperidine rings is 1. The molecule has 3 heterocycles. The number of carbonyl (C=O) groups is 1. The number of pyridine rings is 1. The van der Waals surface area contributed by atoms with Gasteiger partial charge in [-0.25, -0.2) is 32.5 Å². The molecule has 1 aromatic carbocycles. The number of nitrogens with one attached hydrogen (secondary N) is 1. The van der Waals surface area contributed by atoms with Gasteiger partial charge in [-0.15, -0.1) is 0 Å². The first-order chi connectivity index (χ1) is 16.7. The normalized spacial score (nSPS) is 14.4. The Bertz CT molecular complexity index is 1220. The Labute approximate surface area is 198 Å². The molecule has 3 aromatic rings. The Morgan fingerprint density at radius 3 is 2.57 bits per heavy atom. The van der Waals surface area contributed by atoms with Gasteiger partial charge >= 0.3 is 0 Å². The van der Waals surface area contributed by atoms with E-state index < -0.39 is 24.6 Å². The lowest BCUT2D eigenvalue weighted by Gasteiger charge is -2.33. The third kappa shape index (κ3) is 5.69. The Kier molecular flexibility index (Phi) is 7.17. The van der Waals surface area contributed by atoms with E-state index in [0.717, 1.165) is 12.1 Å². The van der Waals surface area contributed by atoms with E-state index in [0.29, 0.717) is 42.8 Å². The van der Waals surface area contributed by atoms with Crippen LogP contribution in [0.15, 0.2) is 30.5 Å². The predicted molar refractivity (Wildman–Crippen MR) is 122 cm³/mol. The molecule has 12 heteroatoms. The number of benzene rings is 1. The van der Waals surface area contributed by atoms with Gasteiger partial charge in [-0.2, -0.15) is 0 Å². The van der Waals surface area contributed by atoms with Crippen LogP contribution >= 0.6 is 0 Å². The van der Waals surface area contributed by atoms with E-state index in [1.807, 2.05) is 4.90 Å². The summed E-state index contributed by atoms with van der Waals surface area (Å²) in [7, 11) is 3.19. The van der Waals surface area contributed by atoms with Gasteiger partial charge in [0.25, 0.3) is 12.3 Å². The number of fused-ring (bicyclic) bond motifs is 1. The second kappa shape index (κ2) is 10.3. The molecule has 0 radical (unpaired) electrons. The van der Waals surface area contributed by atoms with Crippen molar-refractivity contribution in [2.24, 2.45) is 0 Å². The number of halogens is 4. The lowest BCUT2D eigenvalue weighted by atomic mass is 10.1. The minimum absolute atomic E-state index is 0.0243. The standard InChI is InChI=1S/C23H24F4N6O2/c1-32(2)23(34)17-10-16-18(11-28-17)31-22(21(30-16)29-12-20(26)27)33-7-5-14(6-8-33)35-19-4-3-13(24)9-15(19)25/h3-4,9-11,14,20H,5-8,12H2,1-2H3,(H,29,30). The molecule has 1 fully saturated rings. The molecule has 4 rings (SSSR count). The van der Waals surface area contributed by atoms with E-state index in [9.17, 15) is 22.4 Å². The van der Waals surface area contributed by atoms with Gasteiger partial charge in [0.1, 0.15) is 23.1 Å². The summed E-state index contributed by atoms with van der Waals surface area (Å²) < 4.78 is 58.6. The zero-order valence-electron chi connectivity index (χ0n) is 19.1. The van der Waals surface area contributed by atoms with Gasteiger partial charge < -0.3 is 19.9 Å². The topological polar surface area (TPSA) is 83.5 Å². The number of ether oxygens (including phenoxy) is 1. The van der Waals surface area contributed by atoms with E-state index >= 15 is 0 Å². The molecule has 0 spiro atoms. The molecule has 0 unspecified atom stereocenters. The molecule has 1 aliphatic heterocycles. The van der Waals surface area contributed by atoms with Crippen LogP contribution in [0.1, 0.15) is 23.3 Å². The predicted octanol–water partition coefficient (Wildman–Crippen LogP) is 3.73. The van der Waals surface area contributed by atoms with Crippen molar-refractivity contribution in [2.45, 2.75) is 25.4 Å². The number of rotatable bonds is 7. The summed E-state index contributed by atoms with van der Waals surface area (Å²) in [5.41, 5.74) is 0.913. The maximum Gasteiger partial charge on any atom is 0.272 e. The molecule has 0 saturated carbocycles. The largest absolute Gasteiger partial charge is 0.487 e. The molecular weight excluding hydrogens is 468 g/mol. The fourth-order valence-electron chi connectivity index (χ4n) is 3.75. The highest BCUT2D eigenvalue weighted by molar-refractivity contribution is 5.95. The van der Waals surface area contributed by atoms with Crippen molar-refractivity contribution in [3.05, 3.63) is 47.8 Å². The molecule has 1 saturated heterocycles. The van der Waals surface area contributed by atoms with E-state index in [1.54, 1.807) is 14.1 Å². The number of hydrogen-bond donors (Lipinski definition) is 1. The molecular formula is C23H24F4N6O2. The Hall–Kier alpha value is -3.70. The molecule has 186 valence electrons. The number of anilines is 2. The van der Waals surface area contributed by atoms with Crippen LogP contribution < -0.4 is 15.0 Å². The zero-order valence-corrected chi connectivity index (χ0v) is 19.1. The third-order valence-electron chi connectivity index (χ3n) is 5.51. The van der Waals surface area contributed by atoms with Crippen molar-refractivity contribution >= 4 is 28.6 Å². The second-order valence-corrected chi connectivity index (χ2v) is 8.30. The molecule has 2 aromatic heterocycles. The van der Waals surface area contributed by atoms with Gasteiger partial charge in [0.2, 0.25) is 0 Å². The maximum absolute atomic E-state index is 13.9. The van der Waals surface area contributed by atoms with Crippen LogP contribution in [-0.2, 0) is 0 Å². The first-order valence-corrected chi connectivity index (χ1v) is 11.0. The zero-order chi connectivity index (χ0) is 25.1. The number of hydrogen-bond acceptors (Lipinski definition) is 7. The van der Waals surface area contributed by atoms with Crippen LogP contribution in [-0.4, -0.2) is 72.0 Å². The smallest absolute Gasteiger partial charge is 0.272 e. The minimum atomic E-state index is -2.60. The van der Waals surface area contributed by atoms with Crippen LogP contribution in [0.3, 0.4) is 0 Å². The molecule has 1 N–H and O–H groups in total. The molecule has 8 nitrogen and oxygen atoms in total. The van der Waals surface area contributed by atoms with Gasteiger partial charge in [0.05, 0.1) is 18.3 Å². The average Bonchev–Trinajstić information content (AvgIpc) is 2.83. The average molecular weight is 492 g/mol. The van der Waals surface area contributed by atoms with Gasteiger partial charge in [-0.3, -0.25) is 4.79 Å². The highest BCUT2D eigenvalue weighted by Crippen LogP contribution is 2.29. The quantitative estimate of drug-likeness (QED) is 0.504. The first kappa shape index (κ1) is 24.4. The van der Waals surface area contributed by atoms with Gasteiger partial charge in [0.15, 0.2) is 23.2 Å². The van der Waals surface area contributed by atoms with Gasteiger partial charge in [0, 0.05) is 46.1 Å². The van der Waals surface area contributed by atoms with Gasteiger partial charge in [-0.05, 0) is 18.2 Å². The van der Waals surface area contributed by atoms with Crippen molar-refractivity contribution < 1.29 is 27.1 Å². The number of aromatic nitrogens is 3. The van der Waals surface area contributed by atoms with Gasteiger partial charge in [-0.1, -0.05) is 0 Å². The molecule has 0 atom stereocenters. The summed E-state index contributed by atoms with van der Waals surface area (Å²) in [6, 6.07) is 4.62. The molecule has 35 heavy (non-hydrogen) atoms. The third-order valence-corrected chi connectivity index (χ3v) is 5.51. The van der Waals surface area contributed by atoms with E-state index in [2.05, 4.69) is 20.3 Å².